The van der Waals surface area contributed by atoms with E-state index < -0.39 is 0 Å². The van der Waals surface area contributed by atoms with Crippen molar-refractivity contribution in [1.29, 1.82) is 0 Å². The molecule has 0 saturated carbocycles. The molecule has 0 spiro atoms. The van der Waals surface area contributed by atoms with Crippen LogP contribution in [0.4, 0.5) is 0 Å². The van der Waals surface area contributed by atoms with E-state index in [-0.39, 0.29) is 0 Å². The average Bonchev–Trinajstić information content (AvgIpc) is 3.80. The fourth-order valence-electron chi connectivity index (χ4n) is 8.10. The van der Waals surface area contributed by atoms with E-state index in [1.54, 1.807) is 0 Å². The Labute approximate surface area is 322 Å². The first-order valence-electron chi connectivity index (χ1n) is 18.7. The molecule has 0 aliphatic heterocycles. The van der Waals surface area contributed by atoms with Crippen molar-refractivity contribution in [2.24, 2.45) is 0 Å². The molecular formula is C50H32N6. The molecule has 0 saturated heterocycles. The van der Waals surface area contributed by atoms with Gasteiger partial charge in [0.25, 0.3) is 0 Å². The van der Waals surface area contributed by atoms with Gasteiger partial charge in [0.15, 0.2) is 11.6 Å². The van der Waals surface area contributed by atoms with E-state index >= 15 is 0 Å². The minimum atomic E-state index is 0.554. The summed E-state index contributed by atoms with van der Waals surface area (Å²) in [6, 6.07) is 67.2. The number of benzene rings is 7. The van der Waals surface area contributed by atoms with Crippen LogP contribution in [0.1, 0.15) is 0 Å². The predicted molar refractivity (Wildman–Crippen MR) is 228 cm³/mol. The Morgan fingerprint density at radius 3 is 1.41 bits per heavy atom. The molecule has 0 radical (unpaired) electrons. The molecule has 6 nitrogen and oxygen atoms in total. The summed E-state index contributed by atoms with van der Waals surface area (Å²) in [4.78, 5) is 20.8. The first kappa shape index (κ1) is 31.8. The van der Waals surface area contributed by atoms with Gasteiger partial charge < -0.3 is 4.57 Å². The molecule has 7 aromatic carbocycles. The minimum absolute atomic E-state index is 0.554. The van der Waals surface area contributed by atoms with E-state index in [9.17, 15) is 0 Å². The highest BCUT2D eigenvalue weighted by molar-refractivity contribution is 6.23. The first-order valence-corrected chi connectivity index (χ1v) is 18.7. The Bertz CT molecular complexity index is 3180. The summed E-state index contributed by atoms with van der Waals surface area (Å²) in [5, 5.41) is 4.53. The molecule has 262 valence electrons. The smallest absolute Gasteiger partial charge is 0.238 e. The number of fused-ring (bicyclic) bond motifs is 7. The van der Waals surface area contributed by atoms with E-state index in [1.165, 1.54) is 0 Å². The van der Waals surface area contributed by atoms with Crippen molar-refractivity contribution in [2.75, 3.05) is 0 Å². The normalized spacial score (nSPS) is 11.6. The first-order chi connectivity index (χ1) is 27.8. The van der Waals surface area contributed by atoms with Gasteiger partial charge in [0.1, 0.15) is 0 Å². The van der Waals surface area contributed by atoms with Gasteiger partial charge in [-0.15, -0.1) is 0 Å². The van der Waals surface area contributed by atoms with E-state index in [2.05, 4.69) is 137 Å². The Kier molecular flexibility index (Phi) is 7.38. The zero-order valence-electron chi connectivity index (χ0n) is 30.2. The number of aromatic nitrogens is 6. The van der Waals surface area contributed by atoms with Gasteiger partial charge in [0, 0.05) is 43.8 Å². The van der Waals surface area contributed by atoms with Crippen LogP contribution in [-0.4, -0.2) is 29.1 Å². The van der Waals surface area contributed by atoms with Crippen LogP contribution in [0, 0.1) is 0 Å². The molecule has 4 heterocycles. The Balaban J connectivity index is 1.26. The van der Waals surface area contributed by atoms with E-state index in [1.807, 2.05) is 66.7 Å². The molecule has 6 heteroatoms. The summed E-state index contributed by atoms with van der Waals surface area (Å²) in [5.74, 6) is 1.78. The topological polar surface area (TPSA) is 61.4 Å². The van der Waals surface area contributed by atoms with E-state index in [4.69, 9.17) is 19.9 Å². The molecule has 0 bridgehead atoms. The number of rotatable bonds is 6. The van der Waals surface area contributed by atoms with Crippen LogP contribution >= 0.6 is 0 Å². The maximum absolute atomic E-state index is 5.26. The number of hydrogen-bond donors (Lipinski definition) is 0. The standard InChI is InChI=1S/C50H32N6/c1-4-17-33(18-5-1)41-26-16-27-42(51-41)40-25-12-15-30-45(40)55-43-28-13-10-23-36(43)38-31-32-39-37-24-11-14-29-44(37)56(47(39)46(38)55)50-53-48(34-19-6-2-7-20-34)52-49(54-50)35-21-8-3-9-22-35/h1-32H. The van der Waals surface area contributed by atoms with E-state index in [0.717, 1.165) is 82.9 Å². The number of hydrogen-bond acceptors (Lipinski definition) is 4. The molecule has 11 rings (SSSR count). The molecule has 0 unspecified atom stereocenters. The molecule has 11 aromatic rings. The minimum Gasteiger partial charge on any atom is -0.306 e. The average molecular weight is 717 g/mol. The molecule has 0 fully saturated rings. The summed E-state index contributed by atoms with van der Waals surface area (Å²) in [6.45, 7) is 0. The van der Waals surface area contributed by atoms with Gasteiger partial charge in [-0.3, -0.25) is 4.57 Å². The Morgan fingerprint density at radius 2 is 0.786 bits per heavy atom. The van der Waals surface area contributed by atoms with Crippen molar-refractivity contribution in [3.63, 3.8) is 0 Å². The third-order valence-electron chi connectivity index (χ3n) is 10.6. The van der Waals surface area contributed by atoms with Gasteiger partial charge in [-0.05, 0) is 30.3 Å². The maximum Gasteiger partial charge on any atom is 0.238 e. The maximum atomic E-state index is 5.26. The Morgan fingerprint density at radius 1 is 0.304 bits per heavy atom. The second kappa shape index (κ2) is 13.0. The number of pyridine rings is 1. The van der Waals surface area contributed by atoms with Crippen LogP contribution in [0.5, 0.6) is 0 Å². The van der Waals surface area contributed by atoms with Gasteiger partial charge in [0.05, 0.1) is 39.1 Å². The van der Waals surface area contributed by atoms with Gasteiger partial charge in [-0.2, -0.15) is 9.97 Å². The zero-order valence-corrected chi connectivity index (χ0v) is 30.2. The summed E-state index contributed by atoms with van der Waals surface area (Å²) >= 11 is 0. The molecule has 4 aromatic heterocycles. The summed E-state index contributed by atoms with van der Waals surface area (Å²) in [6.07, 6.45) is 0. The van der Waals surface area contributed by atoms with Crippen LogP contribution in [-0.2, 0) is 0 Å². The quantitative estimate of drug-likeness (QED) is 0.172. The van der Waals surface area contributed by atoms with Crippen LogP contribution in [0.15, 0.2) is 194 Å². The monoisotopic (exact) mass is 716 g/mol. The van der Waals surface area contributed by atoms with Crippen LogP contribution in [0.2, 0.25) is 0 Å². The summed E-state index contributed by atoms with van der Waals surface area (Å²) in [5.41, 5.74) is 11.0. The van der Waals surface area contributed by atoms with Crippen molar-refractivity contribution in [3.05, 3.63) is 194 Å². The second-order valence-electron chi connectivity index (χ2n) is 13.9. The number of para-hydroxylation sites is 3. The molecule has 0 N–H and O–H groups in total. The van der Waals surface area contributed by atoms with Gasteiger partial charge in [-0.1, -0.05) is 164 Å². The van der Waals surface area contributed by atoms with Crippen LogP contribution in [0.3, 0.4) is 0 Å². The van der Waals surface area contributed by atoms with Crippen molar-refractivity contribution in [1.82, 2.24) is 29.1 Å². The molecule has 0 aliphatic carbocycles. The lowest BCUT2D eigenvalue weighted by Gasteiger charge is -2.16. The fourth-order valence-corrected chi connectivity index (χ4v) is 8.10. The highest BCUT2D eigenvalue weighted by atomic mass is 15.2. The molecule has 56 heavy (non-hydrogen) atoms. The van der Waals surface area contributed by atoms with Gasteiger partial charge in [-0.25, -0.2) is 9.97 Å². The zero-order chi connectivity index (χ0) is 37.0. The lowest BCUT2D eigenvalue weighted by molar-refractivity contribution is 0.953. The van der Waals surface area contributed by atoms with Gasteiger partial charge in [0.2, 0.25) is 5.95 Å². The SMILES string of the molecule is c1ccc(-c2cccc(-c3ccccc3-n3c4ccccc4c4ccc5c6ccccc6n(-c6nc(-c7ccccc7)nc(-c7ccccc7)n6)c5c43)n2)cc1. The van der Waals surface area contributed by atoms with Crippen LogP contribution in [0.25, 0.3) is 101 Å². The third-order valence-corrected chi connectivity index (χ3v) is 10.6. The predicted octanol–water partition coefficient (Wildman–Crippen LogP) is 12.1. The van der Waals surface area contributed by atoms with Crippen molar-refractivity contribution in [3.8, 4) is 56.9 Å². The third kappa shape index (κ3) is 5.11. The van der Waals surface area contributed by atoms with Crippen molar-refractivity contribution >= 4 is 43.6 Å². The highest BCUT2D eigenvalue weighted by Gasteiger charge is 2.24. The van der Waals surface area contributed by atoms with Crippen LogP contribution < -0.4 is 0 Å². The van der Waals surface area contributed by atoms with Crippen molar-refractivity contribution < 1.29 is 0 Å². The highest BCUT2D eigenvalue weighted by Crippen LogP contribution is 2.43. The van der Waals surface area contributed by atoms with E-state index in [0.29, 0.717) is 17.6 Å². The summed E-state index contributed by atoms with van der Waals surface area (Å²) in [7, 11) is 0. The molecular weight excluding hydrogens is 685 g/mol. The second-order valence-corrected chi connectivity index (χ2v) is 13.9. The largest absolute Gasteiger partial charge is 0.306 e. The van der Waals surface area contributed by atoms with Gasteiger partial charge >= 0.3 is 0 Å². The summed E-state index contributed by atoms with van der Waals surface area (Å²) < 4.78 is 4.64. The molecule has 0 atom stereocenters. The van der Waals surface area contributed by atoms with Crippen molar-refractivity contribution in [2.45, 2.75) is 0 Å². The Hall–Kier alpha value is -7.70. The fraction of sp³-hybridized carbons (Fsp3) is 0. The lowest BCUT2D eigenvalue weighted by Crippen LogP contribution is -2.07. The lowest BCUT2D eigenvalue weighted by atomic mass is 10.1. The molecule has 0 aliphatic rings. The number of nitrogens with zero attached hydrogens (tertiary/aromatic N) is 6. The molecule has 0 amide bonds.